The third kappa shape index (κ3) is 4.53. The molecule has 1 saturated heterocycles. The maximum Gasteiger partial charge on any atom is 0.319 e. The van der Waals surface area contributed by atoms with Gasteiger partial charge < -0.3 is 19.6 Å². The van der Waals surface area contributed by atoms with Crippen LogP contribution in [0.2, 0.25) is 0 Å². The quantitative estimate of drug-likeness (QED) is 0.885. The Kier molecular flexibility index (Phi) is 6.11. The van der Waals surface area contributed by atoms with E-state index >= 15 is 0 Å². The molecule has 1 aromatic rings. The molecule has 1 N–H and O–H groups in total. The van der Waals surface area contributed by atoms with Gasteiger partial charge in [0.05, 0.1) is 12.5 Å². The second kappa shape index (κ2) is 8.51. The number of hydrogen-bond donors (Lipinski definition) is 1. The third-order valence-electron chi connectivity index (χ3n) is 5.31. The molecule has 3 rings (SSSR count). The van der Waals surface area contributed by atoms with Gasteiger partial charge in [-0.05, 0) is 25.7 Å². The summed E-state index contributed by atoms with van der Waals surface area (Å²) in [5, 5.41) is 6.98. The lowest BCUT2D eigenvalue weighted by molar-refractivity contribution is -0.126. The van der Waals surface area contributed by atoms with E-state index in [1.165, 1.54) is 19.3 Å². The lowest BCUT2D eigenvalue weighted by atomic mass is 9.89. The fourth-order valence-corrected chi connectivity index (χ4v) is 3.82. The number of rotatable bonds is 4. The molecule has 8 heteroatoms. The number of hydrogen-bond acceptors (Lipinski definition) is 5. The summed E-state index contributed by atoms with van der Waals surface area (Å²) in [7, 11) is 3.46. The number of likely N-dealkylation sites (tertiary alicyclic amines) is 1. The summed E-state index contributed by atoms with van der Waals surface area (Å²) >= 11 is 0. The van der Waals surface area contributed by atoms with Crippen LogP contribution in [-0.4, -0.2) is 59.1 Å². The van der Waals surface area contributed by atoms with E-state index in [4.69, 9.17) is 4.52 Å². The highest BCUT2D eigenvalue weighted by Crippen LogP contribution is 2.30. The number of amides is 3. The summed E-state index contributed by atoms with van der Waals surface area (Å²) in [4.78, 5) is 32.3. The van der Waals surface area contributed by atoms with Crippen molar-refractivity contribution in [2.45, 2.75) is 57.4 Å². The summed E-state index contributed by atoms with van der Waals surface area (Å²) in [6, 6.07) is -0.0449. The molecular weight excluding hydrogens is 334 g/mol. The van der Waals surface area contributed by atoms with Gasteiger partial charge in [0.2, 0.25) is 11.8 Å². The molecule has 1 aliphatic carbocycles. The van der Waals surface area contributed by atoms with E-state index in [1.807, 2.05) is 0 Å². The van der Waals surface area contributed by atoms with Gasteiger partial charge in [-0.15, -0.1) is 0 Å². The van der Waals surface area contributed by atoms with E-state index in [2.05, 4.69) is 15.5 Å². The van der Waals surface area contributed by atoms with Crippen LogP contribution in [0.4, 0.5) is 4.79 Å². The minimum atomic E-state index is -0.187. The summed E-state index contributed by atoms with van der Waals surface area (Å²) < 4.78 is 5.30. The van der Waals surface area contributed by atoms with Crippen LogP contribution in [0, 0.1) is 5.92 Å². The summed E-state index contributed by atoms with van der Waals surface area (Å²) in [5.41, 5.74) is 0. The number of urea groups is 1. The Morgan fingerprint density at radius 2 is 1.96 bits per heavy atom. The Morgan fingerprint density at radius 3 is 2.69 bits per heavy atom. The number of nitrogens with zero attached hydrogens (tertiary/aromatic N) is 4. The van der Waals surface area contributed by atoms with E-state index in [0.29, 0.717) is 24.9 Å². The van der Waals surface area contributed by atoms with Gasteiger partial charge >= 0.3 is 6.03 Å². The normalized spacial score (nSPS) is 21.5. The van der Waals surface area contributed by atoms with Gasteiger partial charge in [-0.1, -0.05) is 24.4 Å². The first-order valence-electron chi connectivity index (χ1n) is 9.61. The van der Waals surface area contributed by atoms with Crippen LogP contribution in [0.1, 0.15) is 62.6 Å². The second-order valence-electron chi connectivity index (χ2n) is 7.56. The van der Waals surface area contributed by atoms with Crippen molar-refractivity contribution in [2.75, 3.05) is 27.2 Å². The van der Waals surface area contributed by atoms with Crippen molar-refractivity contribution in [1.82, 2.24) is 25.3 Å². The number of carbonyl (C=O) groups excluding carboxylic acids is 2. The zero-order valence-electron chi connectivity index (χ0n) is 15.7. The topological polar surface area (TPSA) is 91.6 Å². The SMILES string of the molecule is CN(C)C(=O)N1CCC[C@@H](C(=O)NCc2nc(C3CCCCC3)no2)C1. The monoisotopic (exact) mass is 363 g/mol. The maximum absolute atomic E-state index is 12.5. The number of aromatic nitrogens is 2. The molecule has 0 unspecified atom stereocenters. The van der Waals surface area contributed by atoms with Crippen LogP contribution in [0.25, 0.3) is 0 Å². The van der Waals surface area contributed by atoms with Gasteiger partial charge in [0.1, 0.15) is 0 Å². The molecule has 144 valence electrons. The Bertz CT molecular complexity index is 624. The predicted octanol–water partition coefficient (Wildman–Crippen LogP) is 2.13. The fourth-order valence-electron chi connectivity index (χ4n) is 3.82. The van der Waals surface area contributed by atoms with Crippen LogP contribution in [0.5, 0.6) is 0 Å². The molecule has 2 aliphatic rings. The van der Waals surface area contributed by atoms with Crippen LogP contribution >= 0.6 is 0 Å². The Hall–Kier alpha value is -2.12. The van der Waals surface area contributed by atoms with Crippen LogP contribution in [0.3, 0.4) is 0 Å². The van der Waals surface area contributed by atoms with Crippen molar-refractivity contribution in [3.63, 3.8) is 0 Å². The van der Waals surface area contributed by atoms with E-state index in [-0.39, 0.29) is 24.4 Å². The van der Waals surface area contributed by atoms with Gasteiger partial charge in [0.15, 0.2) is 5.82 Å². The van der Waals surface area contributed by atoms with Gasteiger partial charge in [-0.25, -0.2) is 4.79 Å². The fraction of sp³-hybridized carbons (Fsp3) is 0.778. The highest BCUT2D eigenvalue weighted by atomic mass is 16.5. The van der Waals surface area contributed by atoms with Crippen molar-refractivity contribution in [2.24, 2.45) is 5.92 Å². The lowest BCUT2D eigenvalue weighted by Crippen LogP contribution is -2.48. The molecule has 8 nitrogen and oxygen atoms in total. The molecule has 0 bridgehead atoms. The molecule has 0 spiro atoms. The van der Waals surface area contributed by atoms with Gasteiger partial charge in [-0.2, -0.15) is 4.98 Å². The van der Waals surface area contributed by atoms with Crippen molar-refractivity contribution < 1.29 is 14.1 Å². The Labute approximate surface area is 154 Å². The summed E-state index contributed by atoms with van der Waals surface area (Å²) in [5.74, 6) is 1.37. The molecule has 3 amide bonds. The Morgan fingerprint density at radius 1 is 1.19 bits per heavy atom. The van der Waals surface area contributed by atoms with Crippen molar-refractivity contribution in [1.29, 1.82) is 0 Å². The molecule has 2 heterocycles. The summed E-state index contributed by atoms with van der Waals surface area (Å²) in [6.45, 7) is 1.41. The first-order valence-corrected chi connectivity index (χ1v) is 9.61. The Balaban J connectivity index is 1.49. The summed E-state index contributed by atoms with van der Waals surface area (Å²) in [6.07, 6.45) is 7.58. The largest absolute Gasteiger partial charge is 0.347 e. The van der Waals surface area contributed by atoms with Crippen molar-refractivity contribution in [3.8, 4) is 0 Å². The molecular formula is C18H29N5O3. The number of nitrogens with one attached hydrogen (secondary N) is 1. The standard InChI is InChI=1S/C18H29N5O3/c1-22(2)18(25)23-10-6-9-14(12-23)17(24)19-11-15-20-16(21-26-15)13-7-4-3-5-8-13/h13-14H,3-12H2,1-2H3,(H,19,24)/t14-/m1/s1. The number of piperidine rings is 1. The molecule has 1 aromatic heterocycles. The van der Waals surface area contributed by atoms with Crippen molar-refractivity contribution >= 4 is 11.9 Å². The highest BCUT2D eigenvalue weighted by molar-refractivity contribution is 5.80. The molecule has 0 radical (unpaired) electrons. The van der Waals surface area contributed by atoms with Gasteiger partial charge in [0.25, 0.3) is 0 Å². The van der Waals surface area contributed by atoms with E-state index in [0.717, 1.165) is 31.5 Å². The van der Waals surface area contributed by atoms with Gasteiger partial charge in [0, 0.05) is 33.1 Å². The molecule has 1 saturated carbocycles. The highest BCUT2D eigenvalue weighted by Gasteiger charge is 2.29. The predicted molar refractivity (Wildman–Crippen MR) is 95.4 cm³/mol. The molecule has 2 fully saturated rings. The zero-order chi connectivity index (χ0) is 18.5. The minimum absolute atomic E-state index is 0.0449. The van der Waals surface area contributed by atoms with Gasteiger partial charge in [-0.3, -0.25) is 4.79 Å². The molecule has 26 heavy (non-hydrogen) atoms. The van der Waals surface area contributed by atoms with E-state index in [1.54, 1.807) is 23.9 Å². The average molecular weight is 363 g/mol. The van der Waals surface area contributed by atoms with E-state index in [9.17, 15) is 9.59 Å². The number of carbonyl (C=O) groups is 2. The molecule has 0 aromatic carbocycles. The van der Waals surface area contributed by atoms with Crippen LogP contribution < -0.4 is 5.32 Å². The minimum Gasteiger partial charge on any atom is -0.347 e. The maximum atomic E-state index is 12.5. The van der Waals surface area contributed by atoms with Crippen LogP contribution in [0.15, 0.2) is 4.52 Å². The smallest absolute Gasteiger partial charge is 0.319 e. The molecule has 1 aliphatic heterocycles. The lowest BCUT2D eigenvalue weighted by Gasteiger charge is -2.33. The average Bonchev–Trinajstić information content (AvgIpc) is 3.15. The second-order valence-corrected chi connectivity index (χ2v) is 7.56. The van der Waals surface area contributed by atoms with Crippen LogP contribution in [-0.2, 0) is 11.3 Å². The first-order chi connectivity index (χ1) is 12.5. The van der Waals surface area contributed by atoms with E-state index < -0.39 is 0 Å². The third-order valence-corrected chi connectivity index (χ3v) is 5.31. The van der Waals surface area contributed by atoms with Crippen molar-refractivity contribution in [3.05, 3.63) is 11.7 Å². The zero-order valence-corrected chi connectivity index (χ0v) is 15.7. The molecule has 1 atom stereocenters. The first kappa shape index (κ1) is 18.7.